The van der Waals surface area contributed by atoms with Gasteiger partial charge in [0.2, 0.25) is 0 Å². The zero-order valence-electron chi connectivity index (χ0n) is 13.1. The van der Waals surface area contributed by atoms with E-state index in [0.29, 0.717) is 25.4 Å². The first-order chi connectivity index (χ1) is 11.0. The van der Waals surface area contributed by atoms with Gasteiger partial charge >= 0.3 is 0 Å². The SMILES string of the molecule is COc1ccc([N+](=O)[O-])cc1C(=O)N1C[C@H]2OCCN(C)[C@H]2C1. The molecular weight excluding hydrogens is 302 g/mol. The van der Waals surface area contributed by atoms with Gasteiger partial charge in [0.1, 0.15) is 5.75 Å². The number of morpholine rings is 1. The molecule has 124 valence electrons. The van der Waals surface area contributed by atoms with Gasteiger partial charge in [-0.15, -0.1) is 0 Å². The number of benzene rings is 1. The lowest BCUT2D eigenvalue weighted by Gasteiger charge is -2.33. The molecule has 1 amide bonds. The molecule has 2 aliphatic rings. The Bertz CT molecular complexity index is 636. The predicted octanol–water partition coefficient (Wildman–Crippen LogP) is 0.758. The van der Waals surface area contributed by atoms with Gasteiger partial charge in [-0.05, 0) is 13.1 Å². The quantitative estimate of drug-likeness (QED) is 0.603. The Balaban J connectivity index is 1.85. The average Bonchev–Trinajstić information content (AvgIpc) is 2.99. The number of carbonyl (C=O) groups excluding carboxylic acids is 1. The molecule has 1 aromatic rings. The Morgan fingerprint density at radius 3 is 2.87 bits per heavy atom. The smallest absolute Gasteiger partial charge is 0.270 e. The van der Waals surface area contributed by atoms with Crippen LogP contribution in [0.2, 0.25) is 0 Å². The van der Waals surface area contributed by atoms with Crippen LogP contribution in [0.15, 0.2) is 18.2 Å². The number of nitro groups is 1. The van der Waals surface area contributed by atoms with Crippen molar-refractivity contribution in [3.05, 3.63) is 33.9 Å². The Labute approximate surface area is 133 Å². The molecular formula is C15H19N3O5. The monoisotopic (exact) mass is 321 g/mol. The van der Waals surface area contributed by atoms with E-state index in [1.54, 1.807) is 4.90 Å². The molecule has 23 heavy (non-hydrogen) atoms. The van der Waals surface area contributed by atoms with E-state index < -0.39 is 4.92 Å². The summed E-state index contributed by atoms with van der Waals surface area (Å²) >= 11 is 0. The van der Waals surface area contributed by atoms with E-state index in [9.17, 15) is 14.9 Å². The van der Waals surface area contributed by atoms with E-state index in [0.717, 1.165) is 6.54 Å². The van der Waals surface area contributed by atoms with Crippen LogP contribution in [0, 0.1) is 10.1 Å². The molecule has 0 saturated carbocycles. The third-order valence-corrected chi connectivity index (χ3v) is 4.49. The fourth-order valence-electron chi connectivity index (χ4n) is 3.17. The van der Waals surface area contributed by atoms with Gasteiger partial charge in [-0.25, -0.2) is 0 Å². The standard InChI is InChI=1S/C15H19N3O5/c1-16-5-6-23-14-9-17(8-12(14)16)15(19)11-7-10(18(20)21)3-4-13(11)22-2/h3-4,7,12,14H,5-6,8-9H2,1-2H3/t12-,14+/m0/s1. The number of hydrogen-bond acceptors (Lipinski definition) is 6. The van der Waals surface area contributed by atoms with Crippen LogP contribution in [-0.4, -0.2) is 73.2 Å². The van der Waals surface area contributed by atoms with Crippen molar-refractivity contribution in [3.8, 4) is 5.75 Å². The zero-order valence-corrected chi connectivity index (χ0v) is 13.1. The lowest BCUT2D eigenvalue weighted by atomic mass is 10.1. The van der Waals surface area contributed by atoms with Gasteiger partial charge in [0.15, 0.2) is 0 Å². The minimum absolute atomic E-state index is 0.0117. The minimum atomic E-state index is -0.517. The summed E-state index contributed by atoms with van der Waals surface area (Å²) in [6, 6.07) is 4.22. The summed E-state index contributed by atoms with van der Waals surface area (Å²) < 4.78 is 10.9. The second-order valence-corrected chi connectivity index (χ2v) is 5.81. The summed E-state index contributed by atoms with van der Waals surface area (Å²) in [5, 5.41) is 11.0. The first-order valence-electron chi connectivity index (χ1n) is 7.45. The second kappa shape index (κ2) is 6.13. The van der Waals surface area contributed by atoms with Gasteiger partial charge in [-0.1, -0.05) is 0 Å². The van der Waals surface area contributed by atoms with Crippen molar-refractivity contribution in [1.29, 1.82) is 0 Å². The average molecular weight is 321 g/mol. The first kappa shape index (κ1) is 15.7. The van der Waals surface area contributed by atoms with Crippen LogP contribution in [0.3, 0.4) is 0 Å². The summed E-state index contributed by atoms with van der Waals surface area (Å²) in [5.74, 6) is 0.0710. The first-order valence-corrected chi connectivity index (χ1v) is 7.45. The molecule has 0 aliphatic carbocycles. The van der Waals surface area contributed by atoms with Crippen LogP contribution in [0.5, 0.6) is 5.75 Å². The maximum atomic E-state index is 12.8. The Morgan fingerprint density at radius 2 is 2.22 bits per heavy atom. The van der Waals surface area contributed by atoms with Crippen molar-refractivity contribution in [1.82, 2.24) is 9.80 Å². The summed E-state index contributed by atoms with van der Waals surface area (Å²) in [7, 11) is 3.46. The van der Waals surface area contributed by atoms with Gasteiger partial charge in [0.05, 0.1) is 36.3 Å². The highest BCUT2D eigenvalue weighted by atomic mass is 16.6. The predicted molar refractivity (Wildman–Crippen MR) is 81.7 cm³/mol. The molecule has 0 unspecified atom stereocenters. The molecule has 2 atom stereocenters. The largest absolute Gasteiger partial charge is 0.496 e. The van der Waals surface area contributed by atoms with E-state index in [4.69, 9.17) is 9.47 Å². The number of methoxy groups -OCH3 is 1. The number of fused-ring (bicyclic) bond motifs is 1. The number of ether oxygens (including phenoxy) is 2. The zero-order chi connectivity index (χ0) is 16.6. The second-order valence-electron chi connectivity index (χ2n) is 5.81. The Morgan fingerprint density at radius 1 is 1.43 bits per heavy atom. The lowest BCUT2D eigenvalue weighted by Crippen LogP contribution is -2.48. The Kier molecular flexibility index (Phi) is 4.18. The van der Waals surface area contributed by atoms with Crippen LogP contribution in [-0.2, 0) is 4.74 Å². The fourth-order valence-corrected chi connectivity index (χ4v) is 3.17. The number of non-ortho nitro benzene ring substituents is 1. The van der Waals surface area contributed by atoms with E-state index in [1.165, 1.54) is 25.3 Å². The topological polar surface area (TPSA) is 85.1 Å². The molecule has 8 heteroatoms. The molecule has 8 nitrogen and oxygen atoms in total. The van der Waals surface area contributed by atoms with E-state index in [-0.39, 0.29) is 29.3 Å². The van der Waals surface area contributed by atoms with Crippen LogP contribution in [0.4, 0.5) is 5.69 Å². The van der Waals surface area contributed by atoms with Gasteiger partial charge in [0, 0.05) is 31.8 Å². The molecule has 0 N–H and O–H groups in total. The molecule has 0 bridgehead atoms. The Hall–Kier alpha value is -2.19. The molecule has 2 heterocycles. The number of nitro benzene ring substituents is 1. The maximum Gasteiger partial charge on any atom is 0.270 e. The van der Waals surface area contributed by atoms with Gasteiger partial charge in [0.25, 0.3) is 11.6 Å². The number of likely N-dealkylation sites (tertiary alicyclic amines) is 1. The maximum absolute atomic E-state index is 12.8. The summed E-state index contributed by atoms with van der Waals surface area (Å²) in [6.07, 6.45) is -0.0117. The third kappa shape index (κ3) is 2.87. The normalized spacial score (nSPS) is 24.3. The van der Waals surface area contributed by atoms with Gasteiger partial charge in [-0.2, -0.15) is 0 Å². The van der Waals surface area contributed by atoms with E-state index >= 15 is 0 Å². The third-order valence-electron chi connectivity index (χ3n) is 4.49. The molecule has 0 radical (unpaired) electrons. The highest BCUT2D eigenvalue weighted by molar-refractivity contribution is 5.97. The minimum Gasteiger partial charge on any atom is -0.496 e. The van der Waals surface area contributed by atoms with Crippen molar-refractivity contribution < 1.29 is 19.2 Å². The van der Waals surface area contributed by atoms with E-state index in [2.05, 4.69) is 4.90 Å². The van der Waals surface area contributed by atoms with Gasteiger partial charge in [-0.3, -0.25) is 19.8 Å². The summed E-state index contributed by atoms with van der Waals surface area (Å²) in [5.41, 5.74) is 0.0853. The number of rotatable bonds is 3. The lowest BCUT2D eigenvalue weighted by molar-refractivity contribution is -0.384. The highest BCUT2D eigenvalue weighted by Crippen LogP contribution is 2.28. The molecule has 2 aliphatic heterocycles. The number of carbonyl (C=O) groups is 1. The molecule has 0 aromatic heterocycles. The molecule has 2 saturated heterocycles. The van der Waals surface area contributed by atoms with Crippen LogP contribution in [0.25, 0.3) is 0 Å². The van der Waals surface area contributed by atoms with Crippen LogP contribution < -0.4 is 4.74 Å². The van der Waals surface area contributed by atoms with Crippen molar-refractivity contribution in [2.45, 2.75) is 12.1 Å². The number of amides is 1. The van der Waals surface area contributed by atoms with Crippen molar-refractivity contribution in [3.63, 3.8) is 0 Å². The highest BCUT2D eigenvalue weighted by Gasteiger charge is 2.41. The number of hydrogen-bond donors (Lipinski definition) is 0. The van der Waals surface area contributed by atoms with E-state index in [1.807, 2.05) is 7.05 Å². The molecule has 2 fully saturated rings. The van der Waals surface area contributed by atoms with Crippen LogP contribution in [0.1, 0.15) is 10.4 Å². The van der Waals surface area contributed by atoms with Crippen molar-refractivity contribution >= 4 is 11.6 Å². The summed E-state index contributed by atoms with van der Waals surface area (Å²) in [6.45, 7) is 2.52. The van der Waals surface area contributed by atoms with Crippen molar-refractivity contribution in [2.75, 3.05) is 40.4 Å². The number of nitrogens with zero attached hydrogens (tertiary/aromatic N) is 3. The van der Waals surface area contributed by atoms with Crippen LogP contribution >= 0.6 is 0 Å². The van der Waals surface area contributed by atoms with Crippen molar-refractivity contribution in [2.24, 2.45) is 0 Å². The molecule has 0 spiro atoms. The summed E-state index contributed by atoms with van der Waals surface area (Å²) in [4.78, 5) is 27.1. The molecule has 1 aromatic carbocycles. The van der Waals surface area contributed by atoms with Gasteiger partial charge < -0.3 is 14.4 Å². The fraction of sp³-hybridized carbons (Fsp3) is 0.533. The molecule has 3 rings (SSSR count). The number of likely N-dealkylation sites (N-methyl/N-ethyl adjacent to an activating group) is 1.